The van der Waals surface area contributed by atoms with Crippen molar-refractivity contribution < 1.29 is 9.32 Å². The molecule has 1 amide bonds. The van der Waals surface area contributed by atoms with Crippen LogP contribution in [-0.2, 0) is 11.3 Å². The van der Waals surface area contributed by atoms with E-state index >= 15 is 0 Å². The van der Waals surface area contributed by atoms with Gasteiger partial charge in [-0.1, -0.05) is 45.0 Å². The van der Waals surface area contributed by atoms with E-state index in [0.717, 1.165) is 11.3 Å². The number of amides is 1. The van der Waals surface area contributed by atoms with Crippen molar-refractivity contribution >= 4 is 17.6 Å². The van der Waals surface area contributed by atoms with Gasteiger partial charge in [-0.3, -0.25) is 4.79 Å². The highest BCUT2D eigenvalue weighted by Crippen LogP contribution is 2.15. The first-order chi connectivity index (χ1) is 10.5. The van der Waals surface area contributed by atoms with Crippen LogP contribution in [0, 0.1) is 5.92 Å². The van der Waals surface area contributed by atoms with Gasteiger partial charge in [0, 0.05) is 24.1 Å². The van der Waals surface area contributed by atoms with Crippen LogP contribution in [0.2, 0.25) is 0 Å². The molecular weight excluding hydrogens is 280 g/mol. The summed E-state index contributed by atoms with van der Waals surface area (Å²) >= 11 is 0. The Hall–Kier alpha value is -2.37. The van der Waals surface area contributed by atoms with E-state index in [-0.39, 0.29) is 17.7 Å². The van der Waals surface area contributed by atoms with Crippen molar-refractivity contribution in [3.63, 3.8) is 0 Å². The maximum Gasteiger partial charge on any atom is 0.321 e. The first kappa shape index (κ1) is 16.0. The van der Waals surface area contributed by atoms with E-state index in [9.17, 15) is 4.79 Å². The van der Waals surface area contributed by atoms with Gasteiger partial charge in [-0.15, -0.1) is 0 Å². The summed E-state index contributed by atoms with van der Waals surface area (Å²) in [7, 11) is 0. The Balaban J connectivity index is 1.89. The number of hydrogen-bond donors (Lipinski definition) is 2. The average Bonchev–Trinajstić information content (AvgIpc) is 2.95. The maximum absolute atomic E-state index is 11.6. The lowest BCUT2D eigenvalue weighted by molar-refractivity contribution is -0.118. The van der Waals surface area contributed by atoms with Gasteiger partial charge >= 0.3 is 6.01 Å². The Bertz CT molecular complexity index is 617. The molecule has 2 aromatic rings. The number of nitrogens with zero attached hydrogens (tertiary/aromatic N) is 2. The molecule has 0 aliphatic heterocycles. The number of benzene rings is 1. The van der Waals surface area contributed by atoms with Gasteiger partial charge in [-0.2, -0.15) is 4.98 Å². The topological polar surface area (TPSA) is 80.0 Å². The third-order valence-electron chi connectivity index (χ3n) is 3.15. The van der Waals surface area contributed by atoms with Crippen LogP contribution in [0.4, 0.5) is 11.7 Å². The molecule has 0 radical (unpaired) electrons. The van der Waals surface area contributed by atoms with Gasteiger partial charge in [-0.05, 0) is 17.7 Å². The maximum atomic E-state index is 11.6. The Morgan fingerprint density at radius 3 is 2.41 bits per heavy atom. The van der Waals surface area contributed by atoms with Crippen molar-refractivity contribution in [1.29, 1.82) is 0 Å². The molecule has 0 aliphatic rings. The first-order valence-electron chi connectivity index (χ1n) is 7.43. The lowest BCUT2D eigenvalue weighted by Crippen LogP contribution is -2.17. The minimum atomic E-state index is -0.0333. The van der Waals surface area contributed by atoms with Crippen LogP contribution in [0.3, 0.4) is 0 Å². The van der Waals surface area contributed by atoms with E-state index in [1.165, 1.54) is 0 Å². The molecule has 1 aromatic carbocycles. The van der Waals surface area contributed by atoms with Crippen LogP contribution in [0.15, 0.2) is 28.8 Å². The number of anilines is 2. The molecule has 118 valence electrons. The van der Waals surface area contributed by atoms with Crippen molar-refractivity contribution in [3.05, 3.63) is 35.7 Å². The molecule has 0 aliphatic carbocycles. The predicted molar refractivity (Wildman–Crippen MR) is 85.6 cm³/mol. The van der Waals surface area contributed by atoms with Crippen LogP contribution in [0.25, 0.3) is 0 Å². The average molecular weight is 302 g/mol. The minimum absolute atomic E-state index is 0.0120. The quantitative estimate of drug-likeness (QED) is 0.855. The number of carbonyl (C=O) groups excluding carboxylic acids is 1. The minimum Gasteiger partial charge on any atom is -0.334 e. The first-order valence-corrected chi connectivity index (χ1v) is 7.43. The summed E-state index contributed by atoms with van der Waals surface area (Å²) in [5.41, 5.74) is 1.86. The van der Waals surface area contributed by atoms with E-state index in [0.29, 0.717) is 18.4 Å². The van der Waals surface area contributed by atoms with Crippen LogP contribution in [-0.4, -0.2) is 16.0 Å². The molecule has 22 heavy (non-hydrogen) atoms. The lowest BCUT2D eigenvalue weighted by atomic mass is 10.1. The van der Waals surface area contributed by atoms with Gasteiger partial charge in [0.1, 0.15) is 0 Å². The number of rotatable bonds is 6. The van der Waals surface area contributed by atoms with Gasteiger partial charge in [0.15, 0.2) is 5.82 Å². The van der Waals surface area contributed by atoms with E-state index in [1.54, 1.807) is 0 Å². The summed E-state index contributed by atoms with van der Waals surface area (Å²) in [4.78, 5) is 15.9. The fourth-order valence-corrected chi connectivity index (χ4v) is 1.71. The molecule has 6 heteroatoms. The molecule has 0 fully saturated rings. The van der Waals surface area contributed by atoms with Crippen molar-refractivity contribution in [2.24, 2.45) is 5.92 Å². The molecular formula is C16H22N4O2. The predicted octanol–water partition coefficient (Wildman–Crippen LogP) is 3.40. The molecule has 2 rings (SSSR count). The third kappa shape index (κ3) is 4.31. The zero-order valence-electron chi connectivity index (χ0n) is 13.4. The number of hydrogen-bond acceptors (Lipinski definition) is 5. The van der Waals surface area contributed by atoms with Gasteiger partial charge in [-0.25, -0.2) is 0 Å². The second-order valence-corrected chi connectivity index (χ2v) is 5.81. The smallest absolute Gasteiger partial charge is 0.321 e. The SMILES string of the molecule is CC(C)C(=O)Nc1ccc(CNc2nc(C(C)C)no2)cc1. The molecule has 0 saturated heterocycles. The van der Waals surface area contributed by atoms with Gasteiger partial charge in [0.2, 0.25) is 5.91 Å². The Labute approximate surface area is 130 Å². The van der Waals surface area contributed by atoms with Crippen LogP contribution < -0.4 is 10.6 Å². The van der Waals surface area contributed by atoms with Crippen molar-refractivity contribution in [1.82, 2.24) is 10.1 Å². The van der Waals surface area contributed by atoms with Crippen LogP contribution in [0.5, 0.6) is 0 Å². The Kier molecular flexibility index (Phi) is 5.14. The van der Waals surface area contributed by atoms with Crippen molar-refractivity contribution in [2.45, 2.75) is 40.2 Å². The highest BCUT2D eigenvalue weighted by atomic mass is 16.5. The summed E-state index contributed by atoms with van der Waals surface area (Å²) in [6.07, 6.45) is 0. The summed E-state index contributed by atoms with van der Waals surface area (Å²) in [5.74, 6) is 0.907. The summed E-state index contributed by atoms with van der Waals surface area (Å²) in [5, 5.41) is 9.84. The van der Waals surface area contributed by atoms with Gasteiger partial charge < -0.3 is 15.2 Å². The van der Waals surface area contributed by atoms with Gasteiger partial charge in [0.05, 0.1) is 0 Å². The molecule has 6 nitrogen and oxygen atoms in total. The molecule has 2 N–H and O–H groups in total. The fraction of sp³-hybridized carbons (Fsp3) is 0.438. The highest BCUT2D eigenvalue weighted by Gasteiger charge is 2.09. The molecule has 0 saturated carbocycles. The van der Waals surface area contributed by atoms with Crippen LogP contribution >= 0.6 is 0 Å². The van der Waals surface area contributed by atoms with E-state index in [4.69, 9.17) is 4.52 Å². The summed E-state index contributed by atoms with van der Waals surface area (Å²) in [6.45, 7) is 8.34. The highest BCUT2D eigenvalue weighted by molar-refractivity contribution is 5.92. The van der Waals surface area contributed by atoms with E-state index in [2.05, 4.69) is 20.8 Å². The lowest BCUT2D eigenvalue weighted by Gasteiger charge is -2.08. The Morgan fingerprint density at radius 1 is 1.18 bits per heavy atom. The van der Waals surface area contributed by atoms with Crippen LogP contribution in [0.1, 0.15) is 45.0 Å². The molecule has 1 aromatic heterocycles. The molecule has 0 unspecified atom stereocenters. The molecule has 0 bridgehead atoms. The second kappa shape index (κ2) is 7.06. The van der Waals surface area contributed by atoms with E-state index < -0.39 is 0 Å². The van der Waals surface area contributed by atoms with Crippen molar-refractivity contribution in [3.8, 4) is 0 Å². The van der Waals surface area contributed by atoms with E-state index in [1.807, 2.05) is 52.0 Å². The molecule has 0 spiro atoms. The fourth-order valence-electron chi connectivity index (χ4n) is 1.71. The number of carbonyl (C=O) groups is 1. The third-order valence-corrected chi connectivity index (χ3v) is 3.15. The summed E-state index contributed by atoms with van der Waals surface area (Å²) in [6, 6.07) is 8.07. The monoisotopic (exact) mass is 302 g/mol. The Morgan fingerprint density at radius 2 is 1.86 bits per heavy atom. The van der Waals surface area contributed by atoms with Gasteiger partial charge in [0.25, 0.3) is 0 Å². The second-order valence-electron chi connectivity index (χ2n) is 5.81. The largest absolute Gasteiger partial charge is 0.334 e. The number of nitrogens with one attached hydrogen (secondary N) is 2. The zero-order chi connectivity index (χ0) is 16.1. The zero-order valence-corrected chi connectivity index (χ0v) is 13.4. The molecule has 0 atom stereocenters. The van der Waals surface area contributed by atoms with Crippen molar-refractivity contribution in [2.75, 3.05) is 10.6 Å². The summed E-state index contributed by atoms with van der Waals surface area (Å²) < 4.78 is 5.12. The number of aromatic nitrogens is 2. The normalized spacial score (nSPS) is 11.0. The molecule has 1 heterocycles. The standard InChI is InChI=1S/C16H22N4O2/c1-10(2)14-19-16(22-20-14)17-9-12-5-7-13(8-6-12)18-15(21)11(3)4/h5-8,10-11H,9H2,1-4H3,(H,18,21)(H,17,19,20).